The number of hydrogen-bond donors (Lipinski definition) is 2. The number of fused-ring (bicyclic) bond motifs is 2. The lowest BCUT2D eigenvalue weighted by Crippen LogP contribution is -2.52. The Bertz CT molecular complexity index is 371. The number of carboxylic acids is 1. The Kier molecular flexibility index (Phi) is 2.40. The van der Waals surface area contributed by atoms with Crippen molar-refractivity contribution < 1.29 is 14.7 Å². The normalized spacial score (nSPS) is 44.6. The third-order valence-corrected chi connectivity index (χ3v) is 4.56. The minimum Gasteiger partial charge on any atom is -0.480 e. The summed E-state index contributed by atoms with van der Waals surface area (Å²) >= 11 is 0. The quantitative estimate of drug-likeness (QED) is 0.683. The van der Waals surface area contributed by atoms with Gasteiger partial charge in [-0.05, 0) is 43.9 Å². The number of carbonyl (C=O) groups excluding carboxylic acids is 1. The van der Waals surface area contributed by atoms with E-state index in [1.807, 2.05) is 0 Å². The van der Waals surface area contributed by atoms with E-state index in [9.17, 15) is 9.59 Å². The highest BCUT2D eigenvalue weighted by molar-refractivity contribution is 5.88. The molecule has 1 amide bonds. The second-order valence-corrected chi connectivity index (χ2v) is 5.66. The van der Waals surface area contributed by atoms with Crippen LogP contribution in [0.15, 0.2) is 0 Å². The van der Waals surface area contributed by atoms with Gasteiger partial charge < -0.3 is 15.7 Å². The maximum absolute atomic E-state index is 12.2. The van der Waals surface area contributed by atoms with E-state index in [4.69, 9.17) is 10.8 Å². The van der Waals surface area contributed by atoms with Crippen molar-refractivity contribution in [2.45, 2.75) is 50.2 Å². The molecule has 3 aliphatic rings. The summed E-state index contributed by atoms with van der Waals surface area (Å²) in [4.78, 5) is 24.9. The van der Waals surface area contributed by atoms with E-state index >= 15 is 0 Å². The zero-order valence-corrected chi connectivity index (χ0v) is 9.71. The van der Waals surface area contributed by atoms with Gasteiger partial charge in [-0.2, -0.15) is 0 Å². The molecule has 3 rings (SSSR count). The Morgan fingerprint density at radius 1 is 1.24 bits per heavy atom. The maximum atomic E-state index is 12.2. The Hall–Kier alpha value is -1.10. The predicted molar refractivity (Wildman–Crippen MR) is 60.1 cm³/mol. The van der Waals surface area contributed by atoms with Crippen molar-refractivity contribution in [3.05, 3.63) is 0 Å². The summed E-state index contributed by atoms with van der Waals surface area (Å²) in [5.41, 5.74) is 5.90. The number of nitrogens with two attached hydrogens (primary N) is 1. The first-order valence-electron chi connectivity index (χ1n) is 6.38. The van der Waals surface area contributed by atoms with Crippen LogP contribution >= 0.6 is 0 Å². The molecule has 0 radical (unpaired) electrons. The zero-order chi connectivity index (χ0) is 12.2. The molecule has 2 saturated heterocycles. The summed E-state index contributed by atoms with van der Waals surface area (Å²) in [5.74, 6) is 0.250. The molecule has 1 saturated carbocycles. The van der Waals surface area contributed by atoms with Crippen LogP contribution in [0, 0.1) is 11.8 Å². The highest BCUT2D eigenvalue weighted by Gasteiger charge is 2.50. The van der Waals surface area contributed by atoms with Crippen molar-refractivity contribution in [1.29, 1.82) is 0 Å². The van der Waals surface area contributed by atoms with E-state index < -0.39 is 18.1 Å². The van der Waals surface area contributed by atoms with Crippen molar-refractivity contribution in [1.82, 2.24) is 4.90 Å². The number of carboxylic acid groups (broad SMARTS) is 1. The van der Waals surface area contributed by atoms with E-state index in [1.54, 1.807) is 4.90 Å². The summed E-state index contributed by atoms with van der Waals surface area (Å²) in [6.07, 6.45) is 4.28. The highest BCUT2D eigenvalue weighted by atomic mass is 16.4. The summed E-state index contributed by atoms with van der Waals surface area (Å²) in [6, 6.07) is -1.02. The van der Waals surface area contributed by atoms with Gasteiger partial charge in [0.15, 0.2) is 0 Å². The fraction of sp³-hybridized carbons (Fsp3) is 0.833. The second kappa shape index (κ2) is 3.70. The lowest BCUT2D eigenvalue weighted by Gasteiger charge is -2.32. The van der Waals surface area contributed by atoms with Crippen LogP contribution in [0.5, 0.6) is 0 Å². The average molecular weight is 238 g/mol. The monoisotopic (exact) mass is 238 g/mol. The van der Waals surface area contributed by atoms with Crippen molar-refractivity contribution in [2.24, 2.45) is 17.6 Å². The number of hydrogen-bond acceptors (Lipinski definition) is 3. The third-order valence-electron chi connectivity index (χ3n) is 4.56. The van der Waals surface area contributed by atoms with Crippen LogP contribution < -0.4 is 5.73 Å². The molecule has 5 heteroatoms. The Morgan fingerprint density at radius 3 is 2.65 bits per heavy atom. The van der Waals surface area contributed by atoms with Gasteiger partial charge in [-0.1, -0.05) is 0 Å². The van der Waals surface area contributed by atoms with Crippen molar-refractivity contribution in [3.63, 3.8) is 0 Å². The molecule has 2 aliphatic heterocycles. The third kappa shape index (κ3) is 1.73. The lowest BCUT2D eigenvalue weighted by atomic mass is 9.99. The smallest absolute Gasteiger partial charge is 0.326 e. The summed E-state index contributed by atoms with van der Waals surface area (Å²) in [7, 11) is 0. The summed E-state index contributed by atoms with van der Waals surface area (Å²) < 4.78 is 0. The molecule has 5 nitrogen and oxygen atoms in total. The first-order chi connectivity index (χ1) is 8.08. The fourth-order valence-corrected chi connectivity index (χ4v) is 3.55. The van der Waals surface area contributed by atoms with E-state index in [2.05, 4.69) is 0 Å². The van der Waals surface area contributed by atoms with Gasteiger partial charge in [0.2, 0.25) is 5.91 Å². The number of carbonyl (C=O) groups is 2. The average Bonchev–Trinajstić information content (AvgIpc) is 2.83. The molecule has 94 valence electrons. The molecule has 0 bridgehead atoms. The Morgan fingerprint density at radius 2 is 1.94 bits per heavy atom. The molecule has 0 aromatic rings. The molecule has 1 aliphatic carbocycles. The van der Waals surface area contributed by atoms with E-state index in [1.165, 1.54) is 6.42 Å². The Balaban J connectivity index is 1.86. The van der Waals surface area contributed by atoms with Crippen molar-refractivity contribution in [2.75, 3.05) is 0 Å². The standard InChI is InChI=1S/C12H18N2O3/c13-9-5-7-3-6(7)4-8-1-2-10(12(16)17)14(8)11(9)15/h6-10H,1-5,13H2,(H,16,17)/t6-,7+,8+,9-,10-/m0/s1. The molecule has 5 atom stereocenters. The number of aliphatic carboxylic acids is 1. The zero-order valence-electron chi connectivity index (χ0n) is 9.71. The lowest BCUT2D eigenvalue weighted by molar-refractivity contribution is -0.150. The van der Waals surface area contributed by atoms with Crippen LogP contribution in [-0.4, -0.2) is 40.0 Å². The van der Waals surface area contributed by atoms with Gasteiger partial charge in [-0.3, -0.25) is 4.79 Å². The minimum atomic E-state index is -0.888. The van der Waals surface area contributed by atoms with E-state index in [0.717, 1.165) is 19.3 Å². The van der Waals surface area contributed by atoms with Gasteiger partial charge >= 0.3 is 5.97 Å². The highest BCUT2D eigenvalue weighted by Crippen LogP contribution is 2.49. The molecule has 0 spiro atoms. The van der Waals surface area contributed by atoms with Crippen LogP contribution in [0.2, 0.25) is 0 Å². The van der Waals surface area contributed by atoms with Crippen LogP contribution in [0.25, 0.3) is 0 Å². The van der Waals surface area contributed by atoms with Gasteiger partial charge in [-0.25, -0.2) is 4.79 Å². The topological polar surface area (TPSA) is 83.6 Å². The van der Waals surface area contributed by atoms with Crippen molar-refractivity contribution >= 4 is 11.9 Å². The van der Waals surface area contributed by atoms with Gasteiger partial charge in [0.25, 0.3) is 0 Å². The van der Waals surface area contributed by atoms with E-state index in [-0.39, 0.29) is 11.9 Å². The van der Waals surface area contributed by atoms with Crippen molar-refractivity contribution in [3.8, 4) is 0 Å². The molecule has 2 heterocycles. The van der Waals surface area contributed by atoms with Gasteiger partial charge in [0, 0.05) is 6.04 Å². The maximum Gasteiger partial charge on any atom is 0.326 e. The first-order valence-corrected chi connectivity index (χ1v) is 6.38. The molecular weight excluding hydrogens is 220 g/mol. The van der Waals surface area contributed by atoms with E-state index in [0.29, 0.717) is 18.3 Å². The molecule has 3 fully saturated rings. The van der Waals surface area contributed by atoms with Gasteiger partial charge in [0.05, 0.1) is 6.04 Å². The molecule has 0 unspecified atom stereocenters. The van der Waals surface area contributed by atoms with Crippen LogP contribution in [0.3, 0.4) is 0 Å². The summed E-state index contributed by atoms with van der Waals surface area (Å²) in [5, 5.41) is 9.16. The second-order valence-electron chi connectivity index (χ2n) is 5.66. The SMILES string of the molecule is N[C@H]1C[C@H]2C[C@H]2C[C@H]2CC[C@@H](C(=O)O)N2C1=O. The van der Waals surface area contributed by atoms with Crippen LogP contribution in [0.1, 0.15) is 32.1 Å². The fourth-order valence-electron chi connectivity index (χ4n) is 3.55. The van der Waals surface area contributed by atoms with Crippen LogP contribution in [0.4, 0.5) is 0 Å². The minimum absolute atomic E-state index is 0.116. The van der Waals surface area contributed by atoms with Crippen LogP contribution in [-0.2, 0) is 9.59 Å². The number of nitrogens with zero attached hydrogens (tertiary/aromatic N) is 1. The number of amides is 1. The molecule has 3 N–H and O–H groups in total. The molecule has 0 aromatic heterocycles. The molecule has 17 heavy (non-hydrogen) atoms. The predicted octanol–water partition coefficient (Wildman–Crippen LogP) is 0.188. The summed E-state index contributed by atoms with van der Waals surface area (Å²) in [6.45, 7) is 0. The first kappa shape index (κ1) is 11.0. The molecular formula is C12H18N2O3. The Labute approximate surface area is 100.0 Å². The van der Waals surface area contributed by atoms with Gasteiger partial charge in [-0.15, -0.1) is 0 Å². The largest absolute Gasteiger partial charge is 0.480 e. The molecule has 0 aromatic carbocycles. The van der Waals surface area contributed by atoms with Gasteiger partial charge in [0.1, 0.15) is 6.04 Å². The number of rotatable bonds is 1.